The fourth-order valence-corrected chi connectivity index (χ4v) is 11.0. The topological polar surface area (TPSA) is 149 Å². The molecule has 0 aliphatic carbocycles. The summed E-state index contributed by atoms with van der Waals surface area (Å²) >= 11 is 0. The summed E-state index contributed by atoms with van der Waals surface area (Å²) in [6.07, 6.45) is 5.92. The number of anilines is 1. The van der Waals surface area contributed by atoms with Crippen molar-refractivity contribution in [2.24, 2.45) is 5.73 Å². The van der Waals surface area contributed by atoms with Gasteiger partial charge in [-0.05, 0) is 85.0 Å². The largest absolute Gasteiger partial charge is 0.489 e. The number of aryl methyl sites for hydroxylation is 1. The molecule has 0 aromatic heterocycles. The number of alkyl halides is 2. The zero-order valence-electron chi connectivity index (χ0n) is 38.0. The molecule has 4 N–H and O–H groups in total. The van der Waals surface area contributed by atoms with Gasteiger partial charge >= 0.3 is 0 Å². The van der Waals surface area contributed by atoms with Crippen molar-refractivity contribution in [3.63, 3.8) is 0 Å². The summed E-state index contributed by atoms with van der Waals surface area (Å²) < 4.78 is 35.8. The van der Waals surface area contributed by atoms with Gasteiger partial charge < -0.3 is 35.1 Å². The number of carbonyl (C=O) groups excluding carboxylic acids is 4. The first-order valence-electron chi connectivity index (χ1n) is 23.3. The fourth-order valence-electron chi connectivity index (χ4n) is 11.0. The number of hydrazine groups is 1. The van der Waals surface area contributed by atoms with E-state index in [4.69, 9.17) is 10.5 Å². The first kappa shape index (κ1) is 45.0. The SMILES string of the molecule is C[NH+]=C/C(=C\N)c1cc2c(cc1C(F)F)N(C1C3=C(CCN(C(C)=O)C3)N(C3CCN(CCc4ccc(COc5cccc6c5CN(C5CCC(=O)NC5=O)C6=O)cc4)CC3)N1C)CCC2. The molecule has 6 aliphatic heterocycles. The third-order valence-electron chi connectivity index (χ3n) is 14.4. The van der Waals surface area contributed by atoms with Crippen molar-refractivity contribution in [2.45, 2.75) is 96.1 Å². The van der Waals surface area contributed by atoms with Gasteiger partial charge in [0.15, 0.2) is 6.21 Å². The van der Waals surface area contributed by atoms with E-state index in [0.717, 1.165) is 80.5 Å². The van der Waals surface area contributed by atoms with Crippen LogP contribution >= 0.6 is 0 Å². The highest BCUT2D eigenvalue weighted by Crippen LogP contribution is 2.44. The van der Waals surface area contributed by atoms with E-state index in [9.17, 15) is 28.0 Å². The van der Waals surface area contributed by atoms with Crippen molar-refractivity contribution < 1.29 is 37.7 Å². The smallest absolute Gasteiger partial charge is 0.264 e. The van der Waals surface area contributed by atoms with Crippen molar-refractivity contribution in [3.05, 3.63) is 111 Å². The fraction of sp³-hybridized carbons (Fsp3) is 0.460. The second-order valence-corrected chi connectivity index (χ2v) is 18.3. The molecule has 9 rings (SSSR count). The third-order valence-corrected chi connectivity index (χ3v) is 14.4. The molecule has 16 heteroatoms. The van der Waals surface area contributed by atoms with Gasteiger partial charge in [-0.3, -0.25) is 29.5 Å². The molecular formula is C50H60F2N9O5+. The quantitative estimate of drug-likeness (QED) is 0.182. The normalized spacial score (nSPS) is 22.2. The number of allylic oxidation sites excluding steroid dienone is 1. The van der Waals surface area contributed by atoms with E-state index >= 15 is 0 Å². The molecule has 0 bridgehead atoms. The molecule has 2 atom stereocenters. The van der Waals surface area contributed by atoms with E-state index in [1.54, 1.807) is 38.4 Å². The number of carbonyl (C=O) groups is 4. The molecule has 4 amide bonds. The Bertz CT molecular complexity index is 2480. The minimum atomic E-state index is -2.69. The molecule has 0 radical (unpaired) electrons. The average molecular weight is 905 g/mol. The van der Waals surface area contributed by atoms with Crippen LogP contribution in [0.2, 0.25) is 0 Å². The van der Waals surface area contributed by atoms with E-state index in [0.29, 0.717) is 55.1 Å². The van der Waals surface area contributed by atoms with Crippen molar-refractivity contribution in [1.82, 2.24) is 30.0 Å². The van der Waals surface area contributed by atoms with Gasteiger partial charge in [0.2, 0.25) is 17.7 Å². The molecule has 0 spiro atoms. The number of likely N-dealkylation sites (tertiary alicyclic amines) is 1. The Morgan fingerprint density at radius 1 is 0.955 bits per heavy atom. The summed E-state index contributed by atoms with van der Waals surface area (Å²) in [6.45, 7) is 6.93. The summed E-state index contributed by atoms with van der Waals surface area (Å²) in [4.78, 5) is 61.5. The minimum absolute atomic E-state index is 0.0404. The van der Waals surface area contributed by atoms with Crippen molar-refractivity contribution >= 4 is 41.1 Å². The van der Waals surface area contributed by atoms with E-state index in [1.807, 2.05) is 17.0 Å². The molecular weight excluding hydrogens is 845 g/mol. The molecule has 3 aromatic rings. The molecule has 3 aromatic carbocycles. The maximum absolute atomic E-state index is 14.8. The number of nitrogens with two attached hydrogens (primary N) is 1. The van der Waals surface area contributed by atoms with Crippen molar-refractivity contribution in [3.8, 4) is 5.75 Å². The third kappa shape index (κ3) is 8.68. The number of amides is 4. The van der Waals surface area contributed by atoms with E-state index < -0.39 is 18.4 Å². The molecule has 348 valence electrons. The highest BCUT2D eigenvalue weighted by Gasteiger charge is 2.47. The molecule has 66 heavy (non-hydrogen) atoms. The first-order valence-corrected chi connectivity index (χ1v) is 23.3. The lowest BCUT2D eigenvalue weighted by Gasteiger charge is -2.46. The van der Waals surface area contributed by atoms with Gasteiger partial charge in [0.25, 0.3) is 12.3 Å². The molecule has 0 saturated carbocycles. The number of imide groups is 1. The number of nitrogens with one attached hydrogen (secondary N) is 2. The molecule has 14 nitrogen and oxygen atoms in total. The van der Waals surface area contributed by atoms with Crippen LogP contribution in [-0.2, 0) is 40.4 Å². The monoisotopic (exact) mass is 904 g/mol. The van der Waals surface area contributed by atoms with Crippen molar-refractivity contribution in [1.29, 1.82) is 0 Å². The Balaban J connectivity index is 0.827. The van der Waals surface area contributed by atoms with Gasteiger partial charge in [0.1, 0.15) is 31.6 Å². The number of rotatable bonds is 12. The Morgan fingerprint density at radius 3 is 2.44 bits per heavy atom. The second kappa shape index (κ2) is 19.0. The maximum Gasteiger partial charge on any atom is 0.264 e. The van der Waals surface area contributed by atoms with E-state index in [2.05, 4.69) is 61.4 Å². The summed E-state index contributed by atoms with van der Waals surface area (Å²) in [6, 6.07) is 17.0. The number of fused-ring (bicyclic) bond motifs is 2. The van der Waals surface area contributed by atoms with Gasteiger partial charge in [-0.25, -0.2) is 8.78 Å². The Kier molecular flexibility index (Phi) is 13.0. The molecule has 6 aliphatic rings. The van der Waals surface area contributed by atoms with Crippen LogP contribution in [-0.4, -0.2) is 126 Å². The Labute approximate surface area is 384 Å². The zero-order chi connectivity index (χ0) is 46.2. The van der Waals surface area contributed by atoms with Crippen LogP contribution in [0.15, 0.2) is 72.1 Å². The van der Waals surface area contributed by atoms with E-state index in [-0.39, 0.29) is 48.5 Å². The number of nitrogens with zero attached hydrogens (tertiary/aromatic N) is 6. The lowest BCUT2D eigenvalue weighted by Crippen LogP contribution is -2.63. The number of ether oxygens (including phenoxy) is 1. The van der Waals surface area contributed by atoms with Crippen LogP contribution in [0.3, 0.4) is 0 Å². The van der Waals surface area contributed by atoms with E-state index in [1.165, 1.54) is 27.9 Å². The van der Waals surface area contributed by atoms with Gasteiger partial charge in [0, 0.05) is 112 Å². The maximum atomic E-state index is 14.8. The van der Waals surface area contributed by atoms with Crippen LogP contribution in [0.5, 0.6) is 5.75 Å². The Hall–Kier alpha value is -6.13. The number of benzene rings is 3. The minimum Gasteiger partial charge on any atom is -0.489 e. The predicted octanol–water partition coefficient (Wildman–Crippen LogP) is 3.50. The summed E-state index contributed by atoms with van der Waals surface area (Å²) in [5.41, 5.74) is 14.6. The summed E-state index contributed by atoms with van der Waals surface area (Å²) in [5, 5.41) is 7.17. The van der Waals surface area contributed by atoms with Crippen molar-refractivity contribution in [2.75, 3.05) is 58.3 Å². The number of likely N-dealkylation sites (N-methyl/N-ethyl adjacent to an activating group) is 1. The summed E-state index contributed by atoms with van der Waals surface area (Å²) in [5.74, 6) is -0.322. The molecule has 2 fully saturated rings. The van der Waals surface area contributed by atoms with Gasteiger partial charge in [-0.1, -0.05) is 30.3 Å². The van der Waals surface area contributed by atoms with Crippen LogP contribution in [0, 0.1) is 0 Å². The number of halogens is 2. The van der Waals surface area contributed by atoms with Gasteiger partial charge in [0.05, 0.1) is 12.1 Å². The van der Waals surface area contributed by atoms with Crippen LogP contribution in [0.25, 0.3) is 5.57 Å². The molecule has 6 heterocycles. The lowest BCUT2D eigenvalue weighted by atomic mass is 9.91. The highest BCUT2D eigenvalue weighted by atomic mass is 19.3. The number of hydrogen-bond acceptors (Lipinski definition) is 10. The van der Waals surface area contributed by atoms with Crippen LogP contribution in [0.4, 0.5) is 14.5 Å². The predicted molar refractivity (Wildman–Crippen MR) is 246 cm³/mol. The lowest BCUT2D eigenvalue weighted by molar-refractivity contribution is -0.412. The van der Waals surface area contributed by atoms with Crippen LogP contribution in [0.1, 0.15) is 95.6 Å². The molecule has 2 unspecified atom stereocenters. The van der Waals surface area contributed by atoms with Gasteiger partial charge in [-0.15, -0.1) is 0 Å². The number of piperidine rings is 2. The molecule has 2 saturated heterocycles. The van der Waals surface area contributed by atoms with Gasteiger partial charge in [-0.2, -0.15) is 5.01 Å². The zero-order valence-corrected chi connectivity index (χ0v) is 38.0. The average Bonchev–Trinajstić information content (AvgIpc) is 3.81. The number of hydrogen-bond donors (Lipinski definition) is 3. The first-order chi connectivity index (χ1) is 31.9. The standard InChI is InChI=1S/C50H59F2N9O5/c1-31(62)58-23-18-42-41(28-58)49(59-19-5-6-34-24-38(35(26-53)27-54-2)39(47(51)52)25-44(34)59)56(3)61(42)36-16-21-57(22-17-36)20-15-32-9-11-33(12-10-32)30-66-45-8-4-7-37-40(45)29-60(50(37)65)43-13-14-46(63)55-48(43)64/h4,7-12,24-27,36,43,47,49H,5-6,13-23,28-30,53H2,1-3H3,(H,55,63,64)/p+1/b35-26+,54-27?. The van der Waals surface area contributed by atoms with Crippen LogP contribution < -0.4 is 25.7 Å². The highest BCUT2D eigenvalue weighted by molar-refractivity contribution is 6.08. The Morgan fingerprint density at radius 2 is 1.73 bits per heavy atom. The summed E-state index contributed by atoms with van der Waals surface area (Å²) in [7, 11) is 3.85. The second-order valence-electron chi connectivity index (χ2n) is 18.3.